The molecule has 0 saturated carbocycles. The van der Waals surface area contributed by atoms with Gasteiger partial charge in [0.05, 0.1) is 11.9 Å². The second-order valence-electron chi connectivity index (χ2n) is 6.97. The van der Waals surface area contributed by atoms with Crippen LogP contribution >= 0.6 is 7.82 Å². The van der Waals surface area contributed by atoms with E-state index in [1.165, 1.54) is 23.2 Å². The van der Waals surface area contributed by atoms with Gasteiger partial charge in [-0.3, -0.25) is 5.73 Å². The molecule has 0 saturated heterocycles. The van der Waals surface area contributed by atoms with Crippen molar-refractivity contribution < 1.29 is 41.5 Å². The molecule has 0 radical (unpaired) electrons. The Morgan fingerprint density at radius 2 is 1.82 bits per heavy atom. The molecule has 4 N–H and O–H groups in total. The number of hydrogen-bond donors (Lipinski definition) is 3. The number of nitrogens with zero attached hydrogens (tertiary/aromatic N) is 4. The third-order valence-electron chi connectivity index (χ3n) is 4.42. The summed E-state index contributed by atoms with van der Waals surface area (Å²) >= 11 is 0. The number of benzene rings is 1. The van der Waals surface area contributed by atoms with Crippen LogP contribution in [0.5, 0.6) is 11.8 Å². The van der Waals surface area contributed by atoms with Gasteiger partial charge < -0.3 is 19.0 Å². The molecule has 14 heteroatoms. The van der Waals surface area contributed by atoms with E-state index in [0.717, 1.165) is 18.2 Å². The summed E-state index contributed by atoms with van der Waals surface area (Å²) < 4.78 is 53.9. The summed E-state index contributed by atoms with van der Waals surface area (Å²) in [6.45, 7) is -0.459. The number of phosphoric ester groups is 1. The summed E-state index contributed by atoms with van der Waals surface area (Å²) in [4.78, 5) is 25.8. The first-order chi connectivity index (χ1) is 16.2. The summed E-state index contributed by atoms with van der Waals surface area (Å²) in [7, 11) is -4.67. The molecule has 3 aromatic heterocycles. The molecule has 4 aromatic rings. The maximum absolute atomic E-state index is 13.3. The standard InChI is InChI=1S/C20H16F2N5O6P/c21-13-5-14(22)7-16(6-13)32-20-24-9-12(10-25-20)4-15-8-18(33-26-15)17-2-1-3-27(19(17)23)11-31-34(28,29)30/h1-3,5-10,23H,4,11H2,(H2,28,29,30)/p+1. The van der Waals surface area contributed by atoms with Gasteiger partial charge in [-0.1, -0.05) is 5.16 Å². The van der Waals surface area contributed by atoms with Gasteiger partial charge in [0, 0.05) is 43.1 Å². The highest BCUT2D eigenvalue weighted by Crippen LogP contribution is 2.35. The van der Waals surface area contributed by atoms with Gasteiger partial charge in [0.1, 0.15) is 22.9 Å². The van der Waals surface area contributed by atoms with Crippen molar-refractivity contribution in [3.05, 3.63) is 77.9 Å². The number of pyridine rings is 1. The lowest BCUT2D eigenvalue weighted by molar-refractivity contribution is -0.711. The zero-order valence-electron chi connectivity index (χ0n) is 17.2. The maximum Gasteiger partial charge on any atom is 0.472 e. The Morgan fingerprint density at radius 1 is 1.12 bits per heavy atom. The first-order valence-electron chi connectivity index (χ1n) is 9.55. The number of ether oxygens (including phenoxy) is 1. The summed E-state index contributed by atoms with van der Waals surface area (Å²) in [5.41, 5.74) is 7.69. The van der Waals surface area contributed by atoms with Gasteiger partial charge in [0.25, 0.3) is 5.82 Å². The lowest BCUT2D eigenvalue weighted by atomic mass is 10.1. The molecule has 34 heavy (non-hydrogen) atoms. The Kier molecular flexibility index (Phi) is 6.61. The van der Waals surface area contributed by atoms with Crippen LogP contribution in [-0.2, 0) is 22.2 Å². The van der Waals surface area contributed by atoms with E-state index in [1.54, 1.807) is 18.2 Å². The molecule has 176 valence electrons. The minimum Gasteiger partial charge on any atom is -0.424 e. The van der Waals surface area contributed by atoms with Crippen LogP contribution in [0.15, 0.2) is 59.5 Å². The zero-order chi connectivity index (χ0) is 24.3. The highest BCUT2D eigenvalue weighted by Gasteiger charge is 2.21. The summed E-state index contributed by atoms with van der Waals surface area (Å²) in [5.74, 6) is -1.17. The molecule has 3 heterocycles. The van der Waals surface area contributed by atoms with Crippen LogP contribution in [0.1, 0.15) is 11.3 Å². The van der Waals surface area contributed by atoms with E-state index in [0.29, 0.717) is 29.0 Å². The molecular weight excluding hydrogens is 475 g/mol. The van der Waals surface area contributed by atoms with Crippen molar-refractivity contribution in [3.63, 3.8) is 0 Å². The van der Waals surface area contributed by atoms with Gasteiger partial charge in [0.15, 0.2) is 5.76 Å². The summed E-state index contributed by atoms with van der Waals surface area (Å²) in [6.07, 6.45) is 4.73. The fourth-order valence-corrected chi connectivity index (χ4v) is 3.21. The highest BCUT2D eigenvalue weighted by atomic mass is 31.2. The van der Waals surface area contributed by atoms with Crippen molar-refractivity contribution in [1.29, 1.82) is 0 Å². The van der Waals surface area contributed by atoms with Crippen molar-refractivity contribution in [2.24, 2.45) is 0 Å². The molecule has 0 atom stereocenters. The van der Waals surface area contributed by atoms with E-state index in [1.807, 2.05) is 0 Å². The average molecular weight is 492 g/mol. The second-order valence-corrected chi connectivity index (χ2v) is 8.21. The molecule has 0 aliphatic heterocycles. The van der Waals surface area contributed by atoms with Gasteiger partial charge in [-0.05, 0) is 17.7 Å². The van der Waals surface area contributed by atoms with Crippen molar-refractivity contribution in [1.82, 2.24) is 15.1 Å². The number of halogens is 2. The summed E-state index contributed by atoms with van der Waals surface area (Å²) in [5, 5.41) is 3.99. The van der Waals surface area contributed by atoms with E-state index >= 15 is 0 Å². The monoisotopic (exact) mass is 492 g/mol. The predicted octanol–water partition coefficient (Wildman–Crippen LogP) is 2.73. The van der Waals surface area contributed by atoms with Crippen LogP contribution in [0.25, 0.3) is 11.3 Å². The van der Waals surface area contributed by atoms with E-state index in [2.05, 4.69) is 19.6 Å². The number of nitrogens with two attached hydrogens (primary N) is 1. The number of phosphoric acid groups is 1. The normalized spacial score (nSPS) is 11.5. The smallest absolute Gasteiger partial charge is 0.424 e. The molecule has 11 nitrogen and oxygen atoms in total. The van der Waals surface area contributed by atoms with Crippen LogP contribution < -0.4 is 15.0 Å². The van der Waals surface area contributed by atoms with Crippen LogP contribution in [0, 0.1) is 11.6 Å². The quantitative estimate of drug-likeness (QED) is 0.247. The van der Waals surface area contributed by atoms with Crippen LogP contribution in [-0.4, -0.2) is 24.9 Å². The number of anilines is 1. The molecule has 1 aromatic carbocycles. The molecule has 0 fully saturated rings. The van der Waals surface area contributed by atoms with Crippen molar-refractivity contribution in [2.75, 3.05) is 5.73 Å². The minimum absolute atomic E-state index is 0.0738. The summed E-state index contributed by atoms with van der Waals surface area (Å²) in [6, 6.07) is 7.55. The van der Waals surface area contributed by atoms with Crippen LogP contribution in [0.4, 0.5) is 14.6 Å². The van der Waals surface area contributed by atoms with E-state index in [-0.39, 0.29) is 17.6 Å². The van der Waals surface area contributed by atoms with Gasteiger partial charge in [0.2, 0.25) is 6.73 Å². The van der Waals surface area contributed by atoms with Crippen molar-refractivity contribution >= 4 is 13.6 Å². The van der Waals surface area contributed by atoms with Gasteiger partial charge >= 0.3 is 13.8 Å². The van der Waals surface area contributed by atoms with Crippen LogP contribution in [0.3, 0.4) is 0 Å². The highest BCUT2D eigenvalue weighted by molar-refractivity contribution is 7.46. The minimum atomic E-state index is -4.67. The molecule has 0 aliphatic carbocycles. The van der Waals surface area contributed by atoms with Crippen LogP contribution in [0.2, 0.25) is 0 Å². The lowest BCUT2D eigenvalue weighted by Crippen LogP contribution is -2.38. The lowest BCUT2D eigenvalue weighted by Gasteiger charge is -2.07. The molecule has 0 bridgehead atoms. The number of hydrogen-bond acceptors (Lipinski definition) is 8. The Labute approximate surface area is 190 Å². The topological polar surface area (TPSA) is 158 Å². The van der Waals surface area contributed by atoms with Gasteiger partial charge in [-0.15, -0.1) is 0 Å². The van der Waals surface area contributed by atoms with Gasteiger partial charge in [-0.2, -0.15) is 0 Å². The second kappa shape index (κ2) is 9.61. The Balaban J connectivity index is 1.44. The Bertz CT molecular complexity index is 1340. The van der Waals surface area contributed by atoms with E-state index in [9.17, 15) is 13.3 Å². The SMILES string of the molecule is Nc1c(-c2cc(Cc3cnc(Oc4cc(F)cc(F)c4)nc3)no2)ccc[n+]1COP(=O)(O)O. The number of rotatable bonds is 8. The predicted molar refractivity (Wildman–Crippen MR) is 111 cm³/mol. The number of aromatic nitrogens is 4. The largest absolute Gasteiger partial charge is 0.472 e. The Hall–Kier alpha value is -3.77. The first kappa shape index (κ1) is 23.4. The zero-order valence-corrected chi connectivity index (χ0v) is 18.1. The van der Waals surface area contributed by atoms with Crippen molar-refractivity contribution in [3.8, 4) is 23.1 Å². The van der Waals surface area contributed by atoms with E-state index in [4.69, 9.17) is 24.8 Å². The van der Waals surface area contributed by atoms with Crippen molar-refractivity contribution in [2.45, 2.75) is 13.2 Å². The third-order valence-corrected chi connectivity index (χ3v) is 4.87. The molecule has 4 rings (SSSR count). The molecule has 0 amide bonds. The maximum atomic E-state index is 13.3. The first-order valence-corrected chi connectivity index (χ1v) is 11.1. The molecular formula is C20H17F2N5O6P+. The molecule has 0 spiro atoms. The fourth-order valence-electron chi connectivity index (χ4n) is 2.93. The average Bonchev–Trinajstić information content (AvgIpc) is 3.21. The fraction of sp³-hybridized carbons (Fsp3) is 0.100. The van der Waals surface area contributed by atoms with Gasteiger partial charge in [-0.25, -0.2) is 32.4 Å². The Morgan fingerprint density at radius 3 is 2.50 bits per heavy atom. The molecule has 0 unspecified atom stereocenters. The number of nitrogen functional groups attached to an aromatic ring is 1. The van der Waals surface area contributed by atoms with E-state index < -0.39 is 26.2 Å². The third kappa shape index (κ3) is 5.97. The molecule has 0 aliphatic rings.